The average Bonchev–Trinajstić information content (AvgIpc) is 3.24. The molecule has 1 N–H and O–H groups in total. The van der Waals surface area contributed by atoms with E-state index in [2.05, 4.69) is 4.90 Å². The molecule has 7 heteroatoms. The van der Waals surface area contributed by atoms with Crippen LogP contribution in [-0.2, 0) is 14.3 Å². The highest BCUT2D eigenvalue weighted by Crippen LogP contribution is 2.40. The molecule has 4 rings (SSSR count). The van der Waals surface area contributed by atoms with Crippen molar-refractivity contribution in [1.29, 1.82) is 0 Å². The molecule has 3 heterocycles. The number of hydrogen-bond donors (Lipinski definition) is 1. The zero-order valence-corrected chi connectivity index (χ0v) is 15.2. The van der Waals surface area contributed by atoms with Crippen LogP contribution in [0.25, 0.3) is 0 Å². The number of piperazine rings is 1. The van der Waals surface area contributed by atoms with Crippen LogP contribution in [0.2, 0.25) is 5.02 Å². The molecule has 0 aromatic heterocycles. The molecule has 4 atom stereocenters. The molecule has 0 spiro atoms. The Morgan fingerprint density at radius 3 is 2.42 bits per heavy atom. The SMILES string of the molecule is Cc1ccc(Cl)cc1N1CCN(C(=O)[C@@H]2[C@H](C(=O)O)[C@H]3C=C[C@H]2O3)CC1. The molecule has 138 valence electrons. The first-order valence-corrected chi connectivity index (χ1v) is 9.20. The number of aryl methyl sites for hydroxylation is 1. The van der Waals surface area contributed by atoms with Gasteiger partial charge in [-0.25, -0.2) is 0 Å². The predicted molar refractivity (Wildman–Crippen MR) is 97.4 cm³/mol. The van der Waals surface area contributed by atoms with Crippen LogP contribution in [0.3, 0.4) is 0 Å². The van der Waals surface area contributed by atoms with Crippen LogP contribution in [-0.4, -0.2) is 60.3 Å². The van der Waals surface area contributed by atoms with Gasteiger partial charge in [0.25, 0.3) is 0 Å². The van der Waals surface area contributed by atoms with Gasteiger partial charge < -0.3 is 19.6 Å². The third-order valence-electron chi connectivity index (χ3n) is 5.57. The average molecular weight is 377 g/mol. The summed E-state index contributed by atoms with van der Waals surface area (Å²) in [5, 5.41) is 10.2. The molecule has 6 nitrogen and oxygen atoms in total. The fourth-order valence-electron chi connectivity index (χ4n) is 4.20. The minimum Gasteiger partial charge on any atom is -0.481 e. The van der Waals surface area contributed by atoms with E-state index in [9.17, 15) is 14.7 Å². The predicted octanol–water partition coefficient (Wildman–Crippen LogP) is 1.95. The lowest BCUT2D eigenvalue weighted by Gasteiger charge is -2.38. The van der Waals surface area contributed by atoms with Gasteiger partial charge in [0.1, 0.15) is 5.92 Å². The van der Waals surface area contributed by atoms with E-state index in [1.807, 2.05) is 31.2 Å². The van der Waals surface area contributed by atoms with E-state index < -0.39 is 30.0 Å². The van der Waals surface area contributed by atoms with Crippen molar-refractivity contribution in [3.05, 3.63) is 40.9 Å². The second kappa shape index (κ2) is 6.59. The molecule has 0 unspecified atom stereocenters. The zero-order chi connectivity index (χ0) is 18.4. The number of ether oxygens (including phenoxy) is 1. The maximum absolute atomic E-state index is 13.0. The Balaban J connectivity index is 1.45. The van der Waals surface area contributed by atoms with Crippen LogP contribution >= 0.6 is 11.6 Å². The van der Waals surface area contributed by atoms with Gasteiger partial charge in [0, 0.05) is 36.9 Å². The largest absolute Gasteiger partial charge is 0.481 e. The maximum Gasteiger partial charge on any atom is 0.310 e. The number of nitrogens with zero attached hydrogens (tertiary/aromatic N) is 2. The van der Waals surface area contributed by atoms with E-state index >= 15 is 0 Å². The van der Waals surface area contributed by atoms with Crippen molar-refractivity contribution in [2.75, 3.05) is 31.1 Å². The maximum atomic E-state index is 13.0. The van der Waals surface area contributed by atoms with Gasteiger partial charge in [-0.3, -0.25) is 9.59 Å². The summed E-state index contributed by atoms with van der Waals surface area (Å²) < 4.78 is 5.63. The van der Waals surface area contributed by atoms with Crippen LogP contribution < -0.4 is 4.90 Å². The Bertz CT molecular complexity index is 773. The number of carboxylic acids is 1. The highest BCUT2D eigenvalue weighted by Gasteiger charge is 2.54. The van der Waals surface area contributed by atoms with E-state index in [0.29, 0.717) is 31.2 Å². The molecular weight excluding hydrogens is 356 g/mol. The lowest BCUT2D eigenvalue weighted by atomic mass is 9.82. The summed E-state index contributed by atoms with van der Waals surface area (Å²) in [7, 11) is 0. The van der Waals surface area contributed by atoms with E-state index in [-0.39, 0.29) is 5.91 Å². The van der Waals surface area contributed by atoms with E-state index in [1.165, 1.54) is 0 Å². The van der Waals surface area contributed by atoms with Gasteiger partial charge >= 0.3 is 5.97 Å². The summed E-state index contributed by atoms with van der Waals surface area (Å²) in [5.41, 5.74) is 2.23. The zero-order valence-electron chi connectivity index (χ0n) is 14.5. The van der Waals surface area contributed by atoms with Crippen LogP contribution in [0, 0.1) is 18.8 Å². The minimum absolute atomic E-state index is 0.114. The number of hydrogen-bond acceptors (Lipinski definition) is 4. The van der Waals surface area contributed by atoms with Gasteiger partial charge in [0.15, 0.2) is 0 Å². The van der Waals surface area contributed by atoms with Crippen molar-refractivity contribution in [2.45, 2.75) is 19.1 Å². The van der Waals surface area contributed by atoms with Crippen molar-refractivity contribution < 1.29 is 19.4 Å². The minimum atomic E-state index is -0.964. The standard InChI is InChI=1S/C19H21ClN2O4/c1-11-2-3-12(20)10-13(11)21-6-8-22(9-7-21)18(23)16-14-4-5-15(26-14)17(16)19(24)25/h2-5,10,14-17H,6-9H2,1H3,(H,24,25)/t14-,15-,16+,17-/m1/s1. The summed E-state index contributed by atoms with van der Waals surface area (Å²) in [5.74, 6) is -2.49. The number of anilines is 1. The van der Waals surface area contributed by atoms with E-state index in [0.717, 1.165) is 11.3 Å². The number of carbonyl (C=O) groups excluding carboxylic acids is 1. The molecule has 2 saturated heterocycles. The summed E-state index contributed by atoms with van der Waals surface area (Å²) in [6.45, 7) is 4.56. The molecule has 3 aliphatic heterocycles. The highest BCUT2D eigenvalue weighted by atomic mass is 35.5. The van der Waals surface area contributed by atoms with Gasteiger partial charge in [0.05, 0.1) is 18.1 Å². The Hall–Kier alpha value is -2.05. The third-order valence-corrected chi connectivity index (χ3v) is 5.81. The Kier molecular flexibility index (Phi) is 4.40. The molecule has 2 bridgehead atoms. The Labute approximate surface area is 157 Å². The number of carbonyl (C=O) groups is 2. The number of amides is 1. The lowest BCUT2D eigenvalue weighted by molar-refractivity contribution is -0.149. The molecule has 1 aromatic rings. The number of carboxylic acid groups (broad SMARTS) is 1. The molecular formula is C19H21ClN2O4. The number of fused-ring (bicyclic) bond motifs is 2. The fourth-order valence-corrected chi connectivity index (χ4v) is 4.36. The smallest absolute Gasteiger partial charge is 0.310 e. The van der Waals surface area contributed by atoms with Gasteiger partial charge in [0.2, 0.25) is 5.91 Å². The summed E-state index contributed by atoms with van der Waals surface area (Å²) >= 11 is 6.12. The van der Waals surface area contributed by atoms with Gasteiger partial charge in [-0.15, -0.1) is 0 Å². The Morgan fingerprint density at radius 2 is 1.77 bits per heavy atom. The third kappa shape index (κ3) is 2.87. The molecule has 1 amide bonds. The first-order valence-electron chi connectivity index (χ1n) is 8.82. The van der Waals surface area contributed by atoms with Crippen LogP contribution in [0.15, 0.2) is 30.4 Å². The van der Waals surface area contributed by atoms with Crippen LogP contribution in [0.5, 0.6) is 0 Å². The van der Waals surface area contributed by atoms with Crippen molar-refractivity contribution in [1.82, 2.24) is 4.90 Å². The lowest BCUT2D eigenvalue weighted by Crippen LogP contribution is -2.53. The highest BCUT2D eigenvalue weighted by molar-refractivity contribution is 6.30. The fraction of sp³-hybridized carbons (Fsp3) is 0.474. The van der Waals surface area contributed by atoms with Gasteiger partial charge in [-0.2, -0.15) is 0 Å². The molecule has 0 radical (unpaired) electrons. The number of rotatable bonds is 3. The summed E-state index contributed by atoms with van der Waals surface area (Å²) in [4.78, 5) is 28.6. The summed E-state index contributed by atoms with van der Waals surface area (Å²) in [6.07, 6.45) is 2.68. The molecule has 0 aliphatic carbocycles. The molecule has 3 aliphatic rings. The second-order valence-electron chi connectivity index (χ2n) is 7.08. The molecule has 2 fully saturated rings. The van der Waals surface area contributed by atoms with Crippen molar-refractivity contribution in [3.63, 3.8) is 0 Å². The quantitative estimate of drug-likeness (QED) is 0.816. The first-order chi connectivity index (χ1) is 12.5. The second-order valence-corrected chi connectivity index (χ2v) is 7.52. The van der Waals surface area contributed by atoms with E-state index in [1.54, 1.807) is 11.0 Å². The number of benzene rings is 1. The normalized spacial score (nSPS) is 30.1. The molecule has 1 aromatic carbocycles. The van der Waals surface area contributed by atoms with Crippen LogP contribution in [0.1, 0.15) is 5.56 Å². The number of aliphatic carboxylic acids is 1. The monoisotopic (exact) mass is 376 g/mol. The van der Waals surface area contributed by atoms with Crippen molar-refractivity contribution >= 4 is 29.2 Å². The first kappa shape index (κ1) is 17.4. The van der Waals surface area contributed by atoms with Gasteiger partial charge in [-0.1, -0.05) is 29.8 Å². The van der Waals surface area contributed by atoms with Crippen LogP contribution in [0.4, 0.5) is 5.69 Å². The molecule has 0 saturated carbocycles. The number of halogens is 1. The van der Waals surface area contributed by atoms with Crippen molar-refractivity contribution in [2.24, 2.45) is 11.8 Å². The van der Waals surface area contributed by atoms with E-state index in [4.69, 9.17) is 16.3 Å². The van der Waals surface area contributed by atoms with Crippen molar-refractivity contribution in [3.8, 4) is 0 Å². The topological polar surface area (TPSA) is 70.1 Å². The Morgan fingerprint density at radius 1 is 1.12 bits per heavy atom. The summed E-state index contributed by atoms with van der Waals surface area (Å²) in [6, 6.07) is 5.81. The van der Waals surface area contributed by atoms with Gasteiger partial charge in [-0.05, 0) is 24.6 Å². The molecule has 26 heavy (non-hydrogen) atoms.